The Balaban J connectivity index is 1.66. The maximum atomic E-state index is 13.5. The van der Waals surface area contributed by atoms with E-state index in [9.17, 15) is 9.59 Å². The molecular formula is C28H36N4O2. The zero-order chi connectivity index (χ0) is 24.4. The molecule has 1 aromatic heterocycles. The molecule has 2 aromatic carbocycles. The van der Waals surface area contributed by atoms with Crippen molar-refractivity contribution in [2.45, 2.75) is 53.5 Å². The maximum absolute atomic E-state index is 13.5. The lowest BCUT2D eigenvalue weighted by atomic mass is 10.1. The quantitative estimate of drug-likeness (QED) is 0.475. The predicted octanol–water partition coefficient (Wildman–Crippen LogP) is 5.01. The van der Waals surface area contributed by atoms with Crippen LogP contribution in [0.4, 0.5) is 5.69 Å². The molecule has 0 saturated carbocycles. The maximum Gasteiger partial charge on any atom is 0.242 e. The van der Waals surface area contributed by atoms with Crippen LogP contribution in [-0.4, -0.2) is 45.9 Å². The number of amides is 2. The van der Waals surface area contributed by atoms with Crippen LogP contribution < -0.4 is 4.90 Å². The number of rotatable bonds is 8. The van der Waals surface area contributed by atoms with Gasteiger partial charge in [0.05, 0.1) is 11.0 Å². The number of para-hydroxylation sites is 3. The van der Waals surface area contributed by atoms with Crippen LogP contribution in [0.15, 0.2) is 48.5 Å². The molecule has 2 heterocycles. The van der Waals surface area contributed by atoms with Crippen LogP contribution in [0.2, 0.25) is 0 Å². The Morgan fingerprint density at radius 2 is 1.68 bits per heavy atom. The standard InChI is InChI=1S/C28H36N4O2/c1-19(2)15-30(16-20(3)4)27(34)18-32-25-13-9-7-11-23(25)29-28(32)22-14-26(33)31(17-22)24-12-8-6-10-21(24)5/h6-13,19-20,22H,14-18H2,1-5H3/t22-/m1/s1. The molecular weight excluding hydrogens is 424 g/mol. The van der Waals surface area contributed by atoms with Crippen LogP contribution in [0.1, 0.15) is 51.4 Å². The summed E-state index contributed by atoms with van der Waals surface area (Å²) in [7, 11) is 0. The lowest BCUT2D eigenvalue weighted by Gasteiger charge is -2.27. The van der Waals surface area contributed by atoms with E-state index in [0.29, 0.717) is 24.8 Å². The van der Waals surface area contributed by atoms with Gasteiger partial charge in [-0.1, -0.05) is 58.0 Å². The van der Waals surface area contributed by atoms with Gasteiger partial charge in [0.1, 0.15) is 12.4 Å². The van der Waals surface area contributed by atoms with Crippen molar-refractivity contribution in [1.82, 2.24) is 14.5 Å². The summed E-state index contributed by atoms with van der Waals surface area (Å²) < 4.78 is 2.05. The SMILES string of the molecule is Cc1ccccc1N1C[C@H](c2nc3ccccc3n2CC(=O)N(CC(C)C)CC(C)C)CC1=O. The van der Waals surface area contributed by atoms with Crippen molar-refractivity contribution < 1.29 is 9.59 Å². The number of carbonyl (C=O) groups excluding carboxylic acids is 2. The topological polar surface area (TPSA) is 58.4 Å². The van der Waals surface area contributed by atoms with Crippen LogP contribution in [0, 0.1) is 18.8 Å². The molecule has 0 bridgehead atoms. The third-order valence-corrected chi connectivity index (χ3v) is 6.40. The minimum absolute atomic E-state index is 0.0593. The molecule has 0 radical (unpaired) electrons. The summed E-state index contributed by atoms with van der Waals surface area (Å²) in [5, 5.41) is 0. The Hall–Kier alpha value is -3.15. The van der Waals surface area contributed by atoms with E-state index >= 15 is 0 Å². The zero-order valence-electron chi connectivity index (χ0n) is 21.0. The highest BCUT2D eigenvalue weighted by atomic mass is 16.2. The van der Waals surface area contributed by atoms with Crippen molar-refractivity contribution in [3.63, 3.8) is 0 Å². The number of benzene rings is 2. The molecule has 180 valence electrons. The fourth-order valence-electron chi connectivity index (χ4n) is 4.95. The molecule has 1 aliphatic rings. The summed E-state index contributed by atoms with van der Waals surface area (Å²) in [4.78, 5) is 35.3. The number of nitrogens with zero attached hydrogens (tertiary/aromatic N) is 4. The molecule has 2 amide bonds. The smallest absolute Gasteiger partial charge is 0.242 e. The van der Waals surface area contributed by atoms with E-state index in [1.165, 1.54) is 0 Å². The molecule has 0 unspecified atom stereocenters. The molecule has 4 rings (SSSR count). The van der Waals surface area contributed by atoms with Gasteiger partial charge in [-0.2, -0.15) is 0 Å². The lowest BCUT2D eigenvalue weighted by molar-refractivity contribution is -0.132. The van der Waals surface area contributed by atoms with Crippen molar-refractivity contribution in [1.29, 1.82) is 0 Å². The highest BCUT2D eigenvalue weighted by molar-refractivity contribution is 5.97. The van der Waals surface area contributed by atoms with E-state index in [4.69, 9.17) is 4.98 Å². The van der Waals surface area contributed by atoms with Crippen LogP contribution in [0.5, 0.6) is 0 Å². The molecule has 1 aliphatic heterocycles. The summed E-state index contributed by atoms with van der Waals surface area (Å²) in [5.41, 5.74) is 3.85. The molecule has 6 nitrogen and oxygen atoms in total. The van der Waals surface area contributed by atoms with Crippen molar-refractivity contribution >= 4 is 28.5 Å². The zero-order valence-corrected chi connectivity index (χ0v) is 21.0. The molecule has 6 heteroatoms. The predicted molar refractivity (Wildman–Crippen MR) is 137 cm³/mol. The van der Waals surface area contributed by atoms with Gasteiger partial charge in [-0.05, 0) is 42.5 Å². The van der Waals surface area contributed by atoms with Gasteiger partial charge in [-0.15, -0.1) is 0 Å². The van der Waals surface area contributed by atoms with Crippen LogP contribution >= 0.6 is 0 Å². The van der Waals surface area contributed by atoms with Gasteiger partial charge < -0.3 is 14.4 Å². The molecule has 1 saturated heterocycles. The van der Waals surface area contributed by atoms with E-state index in [-0.39, 0.29) is 24.3 Å². The molecule has 0 spiro atoms. The molecule has 1 atom stereocenters. The number of hydrogen-bond acceptors (Lipinski definition) is 3. The summed E-state index contributed by atoms with van der Waals surface area (Å²) >= 11 is 0. The first-order valence-electron chi connectivity index (χ1n) is 12.3. The van der Waals surface area contributed by atoms with Crippen LogP contribution in [0.3, 0.4) is 0 Å². The second-order valence-corrected chi connectivity index (χ2v) is 10.3. The van der Waals surface area contributed by atoms with Crippen molar-refractivity contribution in [3.8, 4) is 0 Å². The lowest BCUT2D eigenvalue weighted by Crippen LogP contribution is -2.39. The first kappa shape index (κ1) is 24.0. The van der Waals surface area contributed by atoms with E-state index < -0.39 is 0 Å². The number of fused-ring (bicyclic) bond motifs is 1. The normalized spacial score (nSPS) is 16.3. The van der Waals surface area contributed by atoms with Gasteiger partial charge >= 0.3 is 0 Å². The monoisotopic (exact) mass is 460 g/mol. The summed E-state index contributed by atoms with van der Waals surface area (Å²) in [5.74, 6) is 1.77. The van der Waals surface area contributed by atoms with Crippen LogP contribution in [0.25, 0.3) is 11.0 Å². The number of anilines is 1. The number of aromatic nitrogens is 2. The minimum atomic E-state index is -0.0593. The molecule has 3 aromatic rings. The van der Waals surface area contributed by atoms with E-state index in [2.05, 4.69) is 27.7 Å². The first-order chi connectivity index (χ1) is 16.2. The largest absolute Gasteiger partial charge is 0.341 e. The Labute approximate surface area is 202 Å². The Morgan fingerprint density at radius 3 is 2.35 bits per heavy atom. The number of hydrogen-bond donors (Lipinski definition) is 0. The third-order valence-electron chi connectivity index (χ3n) is 6.40. The molecule has 1 fully saturated rings. The van der Waals surface area contributed by atoms with E-state index in [1.54, 1.807) is 0 Å². The Kier molecular flexibility index (Phi) is 7.05. The first-order valence-corrected chi connectivity index (χ1v) is 12.3. The van der Waals surface area contributed by atoms with Gasteiger partial charge in [0, 0.05) is 37.7 Å². The summed E-state index contributed by atoms with van der Waals surface area (Å²) in [6, 6.07) is 15.9. The molecule has 0 aliphatic carbocycles. The second kappa shape index (κ2) is 10.00. The molecule has 34 heavy (non-hydrogen) atoms. The highest BCUT2D eigenvalue weighted by Gasteiger charge is 2.35. The van der Waals surface area contributed by atoms with Gasteiger partial charge in [-0.3, -0.25) is 9.59 Å². The fraction of sp³-hybridized carbons (Fsp3) is 0.464. The average molecular weight is 461 g/mol. The second-order valence-electron chi connectivity index (χ2n) is 10.3. The van der Waals surface area contributed by atoms with Crippen LogP contribution in [-0.2, 0) is 16.1 Å². The summed E-state index contributed by atoms with van der Waals surface area (Å²) in [6.45, 7) is 12.9. The van der Waals surface area contributed by atoms with Gasteiger partial charge in [0.2, 0.25) is 11.8 Å². The number of imidazole rings is 1. The average Bonchev–Trinajstić information content (AvgIpc) is 3.33. The molecule has 0 N–H and O–H groups in total. The van der Waals surface area contributed by atoms with Crippen molar-refractivity contribution in [2.24, 2.45) is 11.8 Å². The Morgan fingerprint density at radius 1 is 1.03 bits per heavy atom. The number of aryl methyl sites for hydroxylation is 1. The van der Waals surface area contributed by atoms with Crippen molar-refractivity contribution in [2.75, 3.05) is 24.5 Å². The van der Waals surface area contributed by atoms with Gasteiger partial charge in [0.25, 0.3) is 0 Å². The van der Waals surface area contributed by atoms with E-state index in [1.807, 2.05) is 69.8 Å². The third kappa shape index (κ3) is 5.01. The highest BCUT2D eigenvalue weighted by Crippen LogP contribution is 2.34. The summed E-state index contributed by atoms with van der Waals surface area (Å²) in [6.07, 6.45) is 0.396. The fourth-order valence-corrected chi connectivity index (χ4v) is 4.95. The van der Waals surface area contributed by atoms with Gasteiger partial charge in [0.15, 0.2) is 0 Å². The number of carbonyl (C=O) groups is 2. The van der Waals surface area contributed by atoms with E-state index in [0.717, 1.165) is 41.2 Å². The van der Waals surface area contributed by atoms with Gasteiger partial charge in [-0.25, -0.2) is 4.98 Å². The minimum Gasteiger partial charge on any atom is -0.341 e. The Bertz CT molecular complexity index is 1170. The van der Waals surface area contributed by atoms with Crippen molar-refractivity contribution in [3.05, 3.63) is 59.9 Å².